The zero-order chi connectivity index (χ0) is 13.3. The fourth-order valence-electron chi connectivity index (χ4n) is 2.61. The maximum Gasteiger partial charge on any atom is 0.0576 e. The summed E-state index contributed by atoms with van der Waals surface area (Å²) in [6.45, 7) is 6.38. The molecule has 3 heteroatoms. The first-order chi connectivity index (χ1) is 8.49. The fourth-order valence-corrected chi connectivity index (χ4v) is 4.41. The predicted molar refractivity (Wildman–Crippen MR) is 77.1 cm³/mol. The van der Waals surface area contributed by atoms with Crippen LogP contribution in [0.25, 0.3) is 0 Å². The summed E-state index contributed by atoms with van der Waals surface area (Å²) in [5.41, 5.74) is 8.61. The molecule has 2 rings (SSSR count). The van der Waals surface area contributed by atoms with Crippen LogP contribution in [-0.2, 0) is 10.8 Å². The second-order valence-electron chi connectivity index (χ2n) is 5.66. The van der Waals surface area contributed by atoms with Crippen molar-refractivity contribution in [2.24, 2.45) is 11.7 Å². The van der Waals surface area contributed by atoms with Gasteiger partial charge in [0, 0.05) is 10.9 Å². The molecule has 2 N–H and O–H groups in total. The van der Waals surface area contributed by atoms with Gasteiger partial charge >= 0.3 is 0 Å². The maximum atomic E-state index is 12.7. The third kappa shape index (κ3) is 2.83. The third-order valence-electron chi connectivity index (χ3n) is 4.09. The molecule has 4 atom stereocenters. The smallest absolute Gasteiger partial charge is 0.0576 e. The normalized spacial score (nSPS) is 30.1. The van der Waals surface area contributed by atoms with Crippen molar-refractivity contribution in [3.63, 3.8) is 0 Å². The molecule has 0 bridgehead atoms. The molecule has 0 heterocycles. The number of rotatable bonds is 2. The van der Waals surface area contributed by atoms with Gasteiger partial charge in [0.1, 0.15) is 0 Å². The van der Waals surface area contributed by atoms with Crippen LogP contribution in [0.15, 0.2) is 23.1 Å². The Labute approximate surface area is 112 Å². The molecule has 0 aliphatic heterocycles. The molecular weight excluding hydrogens is 242 g/mol. The predicted octanol–water partition coefficient (Wildman–Crippen LogP) is 2.93. The summed E-state index contributed by atoms with van der Waals surface area (Å²) in [5, 5.41) is 0.121. The molecule has 1 saturated carbocycles. The average molecular weight is 265 g/mol. The zero-order valence-corrected chi connectivity index (χ0v) is 12.3. The molecule has 4 unspecified atom stereocenters. The van der Waals surface area contributed by atoms with Crippen molar-refractivity contribution in [2.45, 2.75) is 56.2 Å². The summed E-state index contributed by atoms with van der Waals surface area (Å²) < 4.78 is 12.7. The maximum absolute atomic E-state index is 12.7. The van der Waals surface area contributed by atoms with Gasteiger partial charge in [-0.3, -0.25) is 4.21 Å². The lowest BCUT2D eigenvalue weighted by atomic mass is 9.87. The summed E-state index contributed by atoms with van der Waals surface area (Å²) in [6, 6.07) is 6.19. The molecule has 0 saturated heterocycles. The van der Waals surface area contributed by atoms with Crippen LogP contribution < -0.4 is 5.73 Å². The van der Waals surface area contributed by atoms with Gasteiger partial charge in [-0.25, -0.2) is 0 Å². The second-order valence-corrected chi connectivity index (χ2v) is 7.34. The van der Waals surface area contributed by atoms with Crippen LogP contribution in [0.3, 0.4) is 0 Å². The minimum Gasteiger partial charge on any atom is -0.327 e. The van der Waals surface area contributed by atoms with Crippen LogP contribution in [0.5, 0.6) is 0 Å². The van der Waals surface area contributed by atoms with Gasteiger partial charge in [0.05, 0.1) is 16.0 Å². The Morgan fingerprint density at radius 1 is 1.22 bits per heavy atom. The van der Waals surface area contributed by atoms with E-state index in [4.69, 9.17) is 5.73 Å². The lowest BCUT2D eigenvalue weighted by molar-refractivity contribution is 0.353. The van der Waals surface area contributed by atoms with Gasteiger partial charge in [0.25, 0.3) is 0 Å². The molecule has 18 heavy (non-hydrogen) atoms. The van der Waals surface area contributed by atoms with Crippen molar-refractivity contribution in [1.29, 1.82) is 0 Å². The Balaban J connectivity index is 2.21. The van der Waals surface area contributed by atoms with E-state index in [0.29, 0.717) is 5.92 Å². The molecule has 0 amide bonds. The van der Waals surface area contributed by atoms with Gasteiger partial charge in [0.15, 0.2) is 0 Å². The quantitative estimate of drug-likeness (QED) is 0.893. The first-order valence-electron chi connectivity index (χ1n) is 6.72. The highest BCUT2D eigenvalue weighted by molar-refractivity contribution is 7.85. The highest BCUT2D eigenvalue weighted by atomic mass is 32.2. The number of benzene rings is 1. The molecule has 1 aliphatic rings. The lowest BCUT2D eigenvalue weighted by Crippen LogP contribution is -2.42. The summed E-state index contributed by atoms with van der Waals surface area (Å²) in [5.74, 6) is 0.644. The number of hydrogen-bond acceptors (Lipinski definition) is 2. The van der Waals surface area contributed by atoms with Crippen molar-refractivity contribution in [3.8, 4) is 0 Å². The van der Waals surface area contributed by atoms with E-state index in [9.17, 15) is 4.21 Å². The molecule has 2 nitrogen and oxygen atoms in total. The first-order valence-corrected chi connectivity index (χ1v) is 7.93. The summed E-state index contributed by atoms with van der Waals surface area (Å²) in [7, 11) is -0.964. The number of hydrogen-bond donors (Lipinski definition) is 1. The van der Waals surface area contributed by atoms with E-state index < -0.39 is 10.8 Å². The lowest BCUT2D eigenvalue weighted by Gasteiger charge is -2.31. The average Bonchev–Trinajstić information content (AvgIpc) is 2.35. The van der Waals surface area contributed by atoms with E-state index in [1.807, 2.05) is 6.07 Å². The highest BCUT2D eigenvalue weighted by Gasteiger charge is 2.31. The van der Waals surface area contributed by atoms with Crippen LogP contribution in [0.1, 0.15) is 37.3 Å². The Morgan fingerprint density at radius 2 is 1.94 bits per heavy atom. The molecule has 0 spiro atoms. The Kier molecular flexibility index (Phi) is 4.23. The Morgan fingerprint density at radius 3 is 2.61 bits per heavy atom. The molecule has 0 radical (unpaired) electrons. The van der Waals surface area contributed by atoms with E-state index in [0.717, 1.165) is 17.7 Å². The molecular formula is C15H23NOS. The van der Waals surface area contributed by atoms with Crippen LogP contribution in [0.4, 0.5) is 0 Å². The van der Waals surface area contributed by atoms with Crippen LogP contribution in [-0.4, -0.2) is 15.5 Å². The van der Waals surface area contributed by atoms with Gasteiger partial charge in [-0.1, -0.05) is 13.0 Å². The standard InChI is InChI=1S/C15H23NOS/c1-10-4-7-14(16)15(8-10)18(17)13-6-5-11(2)12(3)9-13/h5-6,9-10,14-15H,4,7-8,16H2,1-3H3. The van der Waals surface area contributed by atoms with Crippen LogP contribution in [0.2, 0.25) is 0 Å². The van der Waals surface area contributed by atoms with Gasteiger partial charge in [-0.15, -0.1) is 0 Å². The van der Waals surface area contributed by atoms with Crippen LogP contribution in [0, 0.1) is 19.8 Å². The van der Waals surface area contributed by atoms with E-state index in [1.54, 1.807) is 0 Å². The minimum absolute atomic E-state index is 0.0867. The second kappa shape index (κ2) is 5.54. The molecule has 1 aromatic rings. The van der Waals surface area contributed by atoms with E-state index in [1.165, 1.54) is 17.5 Å². The molecule has 100 valence electrons. The summed E-state index contributed by atoms with van der Waals surface area (Å²) in [6.07, 6.45) is 3.16. The highest BCUT2D eigenvalue weighted by Crippen LogP contribution is 2.29. The van der Waals surface area contributed by atoms with E-state index in [2.05, 4.69) is 32.9 Å². The van der Waals surface area contributed by atoms with Gasteiger partial charge in [-0.2, -0.15) is 0 Å². The summed E-state index contributed by atoms with van der Waals surface area (Å²) >= 11 is 0. The largest absolute Gasteiger partial charge is 0.327 e. The topological polar surface area (TPSA) is 43.1 Å². The fraction of sp³-hybridized carbons (Fsp3) is 0.600. The number of nitrogens with two attached hydrogens (primary N) is 1. The Hall–Kier alpha value is -0.670. The van der Waals surface area contributed by atoms with Crippen molar-refractivity contribution in [3.05, 3.63) is 29.3 Å². The number of aryl methyl sites for hydroxylation is 2. The van der Waals surface area contributed by atoms with Crippen LogP contribution >= 0.6 is 0 Å². The monoisotopic (exact) mass is 265 g/mol. The van der Waals surface area contributed by atoms with E-state index >= 15 is 0 Å². The van der Waals surface area contributed by atoms with Gasteiger partial charge in [-0.05, 0) is 62.3 Å². The molecule has 0 aromatic heterocycles. The molecule has 1 aromatic carbocycles. The van der Waals surface area contributed by atoms with Gasteiger partial charge in [0.2, 0.25) is 0 Å². The third-order valence-corrected chi connectivity index (χ3v) is 5.90. The Bertz CT molecular complexity index is 458. The van der Waals surface area contributed by atoms with Gasteiger partial charge < -0.3 is 5.73 Å². The first kappa shape index (κ1) is 13.8. The summed E-state index contributed by atoms with van der Waals surface area (Å²) in [4.78, 5) is 0.938. The minimum atomic E-state index is -0.964. The van der Waals surface area contributed by atoms with Crippen molar-refractivity contribution in [1.82, 2.24) is 0 Å². The SMILES string of the molecule is Cc1ccc(S(=O)C2CC(C)CCC2N)cc1C. The zero-order valence-electron chi connectivity index (χ0n) is 11.5. The van der Waals surface area contributed by atoms with Crippen molar-refractivity contribution < 1.29 is 4.21 Å². The van der Waals surface area contributed by atoms with Crippen molar-refractivity contribution >= 4 is 10.8 Å². The van der Waals surface area contributed by atoms with Crippen molar-refractivity contribution in [2.75, 3.05) is 0 Å². The molecule has 1 aliphatic carbocycles. The van der Waals surface area contributed by atoms with E-state index in [-0.39, 0.29) is 11.3 Å². The molecule has 1 fully saturated rings.